The van der Waals surface area contributed by atoms with E-state index in [0.717, 1.165) is 0 Å². The summed E-state index contributed by atoms with van der Waals surface area (Å²) in [6, 6.07) is 1.63. The van der Waals surface area contributed by atoms with Gasteiger partial charge in [-0.2, -0.15) is 0 Å². The molecule has 1 aromatic rings. The van der Waals surface area contributed by atoms with Crippen molar-refractivity contribution in [3.05, 3.63) is 24.0 Å². The third kappa shape index (κ3) is 2.53. The van der Waals surface area contributed by atoms with Gasteiger partial charge in [-0.15, -0.1) is 0 Å². The smallest absolute Gasteiger partial charge is 0.171 e. The fraction of sp³-hybridized carbons (Fsp3) is 0.455. The van der Waals surface area contributed by atoms with Crippen LogP contribution in [0.1, 0.15) is 24.2 Å². The summed E-state index contributed by atoms with van der Waals surface area (Å²) < 4.78 is 0. The summed E-state index contributed by atoms with van der Waals surface area (Å²) in [4.78, 5) is 15.9. The first-order valence-corrected chi connectivity index (χ1v) is 5.01. The van der Waals surface area contributed by atoms with Crippen LogP contribution in [0.2, 0.25) is 0 Å². The quantitative estimate of drug-likeness (QED) is 0.724. The highest BCUT2D eigenvalue weighted by Gasteiger charge is 2.23. The SMILES string of the molecule is CC(C)C(CN)C(=O)c1cnccc1N. The number of rotatable bonds is 4. The average molecular weight is 207 g/mol. The molecule has 4 N–H and O–H groups in total. The Morgan fingerprint density at radius 1 is 1.53 bits per heavy atom. The van der Waals surface area contributed by atoms with Gasteiger partial charge in [-0.1, -0.05) is 13.8 Å². The maximum Gasteiger partial charge on any atom is 0.171 e. The highest BCUT2D eigenvalue weighted by molar-refractivity contribution is 6.02. The molecule has 4 nitrogen and oxygen atoms in total. The van der Waals surface area contributed by atoms with E-state index in [1.54, 1.807) is 12.3 Å². The van der Waals surface area contributed by atoms with E-state index in [2.05, 4.69) is 4.98 Å². The number of carbonyl (C=O) groups is 1. The van der Waals surface area contributed by atoms with Crippen molar-refractivity contribution in [3.8, 4) is 0 Å². The molecular formula is C11H17N3O. The molecule has 4 heteroatoms. The number of ketones is 1. The summed E-state index contributed by atoms with van der Waals surface area (Å²) in [5.41, 5.74) is 12.2. The van der Waals surface area contributed by atoms with Crippen LogP contribution in [0.4, 0.5) is 5.69 Å². The van der Waals surface area contributed by atoms with Crippen LogP contribution in [-0.2, 0) is 0 Å². The lowest BCUT2D eigenvalue weighted by atomic mass is 9.88. The van der Waals surface area contributed by atoms with E-state index in [1.165, 1.54) is 6.20 Å². The van der Waals surface area contributed by atoms with E-state index in [-0.39, 0.29) is 17.6 Å². The largest absolute Gasteiger partial charge is 0.398 e. The maximum absolute atomic E-state index is 12.0. The van der Waals surface area contributed by atoms with Gasteiger partial charge in [0.25, 0.3) is 0 Å². The molecule has 0 saturated carbocycles. The molecule has 0 aromatic carbocycles. The fourth-order valence-corrected chi connectivity index (χ4v) is 1.49. The summed E-state index contributed by atoms with van der Waals surface area (Å²) >= 11 is 0. The molecule has 0 saturated heterocycles. The number of anilines is 1. The van der Waals surface area contributed by atoms with Gasteiger partial charge in [0.15, 0.2) is 5.78 Å². The summed E-state index contributed by atoms with van der Waals surface area (Å²) in [6.45, 7) is 4.29. The Morgan fingerprint density at radius 3 is 2.67 bits per heavy atom. The molecule has 0 aliphatic heterocycles. The first-order chi connectivity index (χ1) is 7.07. The van der Waals surface area contributed by atoms with Gasteiger partial charge in [0.1, 0.15) is 0 Å². The number of hydrogen-bond acceptors (Lipinski definition) is 4. The van der Waals surface area contributed by atoms with Crippen molar-refractivity contribution in [2.24, 2.45) is 17.6 Å². The Balaban J connectivity index is 2.98. The number of pyridine rings is 1. The lowest BCUT2D eigenvalue weighted by molar-refractivity contribution is 0.0892. The third-order valence-electron chi connectivity index (χ3n) is 2.52. The van der Waals surface area contributed by atoms with Crippen LogP contribution in [0, 0.1) is 11.8 Å². The monoisotopic (exact) mass is 207 g/mol. The minimum Gasteiger partial charge on any atom is -0.398 e. The second-order valence-electron chi connectivity index (χ2n) is 3.91. The number of nitrogens with zero attached hydrogens (tertiary/aromatic N) is 1. The van der Waals surface area contributed by atoms with Crippen LogP contribution in [0.25, 0.3) is 0 Å². The number of Topliss-reactive ketones (excluding diaryl/α,β-unsaturated/α-hetero) is 1. The molecule has 0 aliphatic rings. The number of aromatic nitrogens is 1. The van der Waals surface area contributed by atoms with Crippen LogP contribution in [-0.4, -0.2) is 17.3 Å². The molecule has 15 heavy (non-hydrogen) atoms. The van der Waals surface area contributed by atoms with E-state index in [4.69, 9.17) is 11.5 Å². The zero-order valence-electron chi connectivity index (χ0n) is 9.10. The Bertz CT molecular complexity index is 349. The highest BCUT2D eigenvalue weighted by Crippen LogP contribution is 2.19. The minimum atomic E-state index is -0.184. The number of nitrogen functional groups attached to an aromatic ring is 1. The molecule has 0 amide bonds. The van der Waals surface area contributed by atoms with Crippen LogP contribution in [0.5, 0.6) is 0 Å². The molecule has 1 aromatic heterocycles. The van der Waals surface area contributed by atoms with E-state index < -0.39 is 0 Å². The van der Waals surface area contributed by atoms with Crippen molar-refractivity contribution < 1.29 is 4.79 Å². The molecule has 1 heterocycles. The van der Waals surface area contributed by atoms with E-state index >= 15 is 0 Å². The summed E-state index contributed by atoms with van der Waals surface area (Å²) in [5.74, 6) is 0.0108. The van der Waals surface area contributed by atoms with Crippen molar-refractivity contribution in [1.82, 2.24) is 4.98 Å². The fourth-order valence-electron chi connectivity index (χ4n) is 1.49. The molecule has 0 fully saturated rings. The average Bonchev–Trinajstić information content (AvgIpc) is 2.18. The van der Waals surface area contributed by atoms with Gasteiger partial charge in [0, 0.05) is 30.5 Å². The Kier molecular flexibility index (Phi) is 3.80. The van der Waals surface area contributed by atoms with Gasteiger partial charge < -0.3 is 11.5 Å². The minimum absolute atomic E-state index is 0.0156. The van der Waals surface area contributed by atoms with Gasteiger partial charge >= 0.3 is 0 Å². The maximum atomic E-state index is 12.0. The second kappa shape index (κ2) is 4.89. The standard InChI is InChI=1S/C11H17N3O/c1-7(2)8(5-12)11(15)9-6-14-4-3-10(9)13/h3-4,6-8H,5,12H2,1-2H3,(H2,13,14). The number of hydrogen-bond donors (Lipinski definition) is 2. The zero-order valence-corrected chi connectivity index (χ0v) is 9.10. The van der Waals surface area contributed by atoms with Gasteiger partial charge in [0.05, 0.1) is 5.56 Å². The van der Waals surface area contributed by atoms with Crippen LogP contribution in [0.3, 0.4) is 0 Å². The Morgan fingerprint density at radius 2 is 2.20 bits per heavy atom. The predicted octanol–water partition coefficient (Wildman–Crippen LogP) is 1.08. The van der Waals surface area contributed by atoms with Crippen molar-refractivity contribution in [1.29, 1.82) is 0 Å². The lowest BCUT2D eigenvalue weighted by Crippen LogP contribution is -2.29. The van der Waals surface area contributed by atoms with Crippen molar-refractivity contribution >= 4 is 11.5 Å². The molecular weight excluding hydrogens is 190 g/mol. The molecule has 0 spiro atoms. The summed E-state index contributed by atoms with van der Waals surface area (Å²) in [6.07, 6.45) is 3.07. The van der Waals surface area contributed by atoms with E-state index in [1.807, 2.05) is 13.8 Å². The second-order valence-corrected chi connectivity index (χ2v) is 3.91. The normalized spacial score (nSPS) is 12.8. The predicted molar refractivity (Wildman–Crippen MR) is 60.4 cm³/mol. The van der Waals surface area contributed by atoms with Gasteiger partial charge in [-0.25, -0.2) is 0 Å². The summed E-state index contributed by atoms with van der Waals surface area (Å²) in [7, 11) is 0. The Labute approximate surface area is 89.7 Å². The first kappa shape index (κ1) is 11.7. The van der Waals surface area contributed by atoms with Gasteiger partial charge in [-0.05, 0) is 12.0 Å². The number of carbonyl (C=O) groups excluding carboxylic acids is 1. The molecule has 1 unspecified atom stereocenters. The molecule has 0 radical (unpaired) electrons. The highest BCUT2D eigenvalue weighted by atomic mass is 16.1. The topological polar surface area (TPSA) is 82.0 Å². The van der Waals surface area contributed by atoms with Crippen LogP contribution in [0.15, 0.2) is 18.5 Å². The van der Waals surface area contributed by atoms with Crippen molar-refractivity contribution in [2.75, 3.05) is 12.3 Å². The first-order valence-electron chi connectivity index (χ1n) is 5.01. The van der Waals surface area contributed by atoms with E-state index in [0.29, 0.717) is 17.8 Å². The number of nitrogens with two attached hydrogens (primary N) is 2. The van der Waals surface area contributed by atoms with Crippen LogP contribution < -0.4 is 11.5 Å². The van der Waals surface area contributed by atoms with Gasteiger partial charge in [-0.3, -0.25) is 9.78 Å². The zero-order chi connectivity index (χ0) is 11.4. The van der Waals surface area contributed by atoms with Crippen molar-refractivity contribution in [2.45, 2.75) is 13.8 Å². The molecule has 1 rings (SSSR count). The third-order valence-corrected chi connectivity index (χ3v) is 2.52. The van der Waals surface area contributed by atoms with Gasteiger partial charge in [0.2, 0.25) is 0 Å². The summed E-state index contributed by atoms with van der Waals surface area (Å²) in [5, 5.41) is 0. The molecule has 0 aliphatic carbocycles. The van der Waals surface area contributed by atoms with E-state index in [9.17, 15) is 4.79 Å². The molecule has 0 bridgehead atoms. The Hall–Kier alpha value is -1.42. The molecule has 1 atom stereocenters. The molecule has 82 valence electrons. The lowest BCUT2D eigenvalue weighted by Gasteiger charge is -2.17. The van der Waals surface area contributed by atoms with Crippen LogP contribution >= 0.6 is 0 Å². The van der Waals surface area contributed by atoms with Crippen molar-refractivity contribution in [3.63, 3.8) is 0 Å².